The number of rotatable bonds is 6. The van der Waals surface area contributed by atoms with Gasteiger partial charge < -0.3 is 10.3 Å². The van der Waals surface area contributed by atoms with Crippen LogP contribution in [0.4, 0.5) is 4.39 Å². The lowest BCUT2D eigenvalue weighted by atomic mass is 10.1. The van der Waals surface area contributed by atoms with E-state index in [1.807, 2.05) is 30.5 Å². The number of hydrogen-bond acceptors (Lipinski definition) is 5. The summed E-state index contributed by atoms with van der Waals surface area (Å²) in [5, 5.41) is 3.13. The maximum absolute atomic E-state index is 13.6. The van der Waals surface area contributed by atoms with E-state index >= 15 is 0 Å². The average molecular weight is 451 g/mol. The van der Waals surface area contributed by atoms with Crippen LogP contribution in [-0.2, 0) is 26.1 Å². The van der Waals surface area contributed by atoms with Crippen LogP contribution in [0.25, 0.3) is 10.9 Å². The van der Waals surface area contributed by atoms with Gasteiger partial charge in [-0.25, -0.2) is 21.2 Å². The van der Waals surface area contributed by atoms with Crippen LogP contribution < -0.4 is 5.32 Å². The van der Waals surface area contributed by atoms with Gasteiger partial charge in [-0.3, -0.25) is 0 Å². The number of hydrogen-bond donors (Lipinski definition) is 2. The summed E-state index contributed by atoms with van der Waals surface area (Å²) in [7, 11) is -7.43. The van der Waals surface area contributed by atoms with Crippen LogP contribution in [0.3, 0.4) is 0 Å². The average Bonchev–Trinajstić information content (AvgIpc) is 3.24. The Morgan fingerprint density at radius 3 is 2.70 bits per heavy atom. The zero-order chi connectivity index (χ0) is 21.5. The molecule has 0 radical (unpaired) electrons. The Morgan fingerprint density at radius 2 is 1.93 bits per heavy atom. The van der Waals surface area contributed by atoms with E-state index in [4.69, 9.17) is 0 Å². The van der Waals surface area contributed by atoms with E-state index in [1.54, 1.807) is 0 Å². The van der Waals surface area contributed by atoms with Crippen molar-refractivity contribution in [3.8, 4) is 0 Å². The number of benzene rings is 2. The molecule has 4 rings (SSSR count). The van der Waals surface area contributed by atoms with Gasteiger partial charge in [-0.1, -0.05) is 18.2 Å². The normalized spacial score (nSPS) is 21.3. The molecule has 0 bridgehead atoms. The molecule has 160 valence electrons. The summed E-state index contributed by atoms with van der Waals surface area (Å²) in [5.74, 6) is -1.16. The number of aromatic amines is 1. The molecule has 0 saturated carbocycles. The number of para-hydroxylation sites is 1. The van der Waals surface area contributed by atoms with Crippen LogP contribution in [0.5, 0.6) is 0 Å². The first-order chi connectivity index (χ1) is 14.2. The first-order valence-corrected chi connectivity index (χ1v) is 13.0. The molecular weight excluding hydrogens is 427 g/mol. The second kappa shape index (κ2) is 7.79. The van der Waals surface area contributed by atoms with Crippen molar-refractivity contribution in [2.75, 3.05) is 18.1 Å². The number of aryl methyl sites for hydroxylation is 1. The Balaban J connectivity index is 1.53. The second-order valence-corrected chi connectivity index (χ2v) is 12.1. The lowest BCUT2D eigenvalue weighted by Crippen LogP contribution is -2.44. The summed E-state index contributed by atoms with van der Waals surface area (Å²) in [6, 6.07) is 10.7. The number of aromatic nitrogens is 1. The first kappa shape index (κ1) is 21.0. The summed E-state index contributed by atoms with van der Waals surface area (Å²) >= 11 is 0. The molecule has 0 unspecified atom stereocenters. The van der Waals surface area contributed by atoms with Gasteiger partial charge in [-0.2, -0.15) is 0 Å². The van der Waals surface area contributed by atoms with Gasteiger partial charge in [-0.15, -0.1) is 0 Å². The lowest BCUT2D eigenvalue weighted by molar-refractivity contribution is 0.528. The van der Waals surface area contributed by atoms with Crippen LogP contribution >= 0.6 is 0 Å². The van der Waals surface area contributed by atoms with E-state index in [-0.39, 0.29) is 16.2 Å². The smallest absolute Gasteiger partial charge is 0.183 e. The molecule has 3 aromatic rings. The van der Waals surface area contributed by atoms with Gasteiger partial charge in [0.25, 0.3) is 0 Å². The van der Waals surface area contributed by atoms with Gasteiger partial charge in [0.2, 0.25) is 0 Å². The number of nitrogens with one attached hydrogen (secondary N) is 2. The highest BCUT2D eigenvalue weighted by Crippen LogP contribution is 2.27. The van der Waals surface area contributed by atoms with Crippen molar-refractivity contribution in [2.45, 2.75) is 29.5 Å². The van der Waals surface area contributed by atoms with Crippen molar-refractivity contribution >= 4 is 30.6 Å². The summed E-state index contributed by atoms with van der Waals surface area (Å²) in [4.78, 5) is 3.14. The Labute approximate surface area is 175 Å². The zero-order valence-electron chi connectivity index (χ0n) is 16.4. The van der Waals surface area contributed by atoms with E-state index in [0.29, 0.717) is 13.0 Å². The molecule has 2 heterocycles. The third-order valence-corrected chi connectivity index (χ3v) is 9.78. The van der Waals surface area contributed by atoms with Crippen molar-refractivity contribution in [1.82, 2.24) is 10.3 Å². The molecule has 9 heteroatoms. The standard InChI is InChI=1S/C21H23FN2O4S2/c1-14-10-16(6-7-18(14)22)30(27,28)21-13-29(25,26)12-20(21)23-9-8-15-11-24-19-5-3-2-4-17(15)19/h2-7,10-11,20-21,23-24H,8-9,12-13H2,1H3/t20-,21-/m0/s1. The second-order valence-electron chi connectivity index (χ2n) is 7.74. The minimum atomic E-state index is -3.93. The summed E-state index contributed by atoms with van der Waals surface area (Å²) < 4.78 is 64.3. The van der Waals surface area contributed by atoms with E-state index in [2.05, 4.69) is 10.3 Å². The molecule has 1 aliphatic heterocycles. The predicted molar refractivity (Wildman–Crippen MR) is 115 cm³/mol. The highest BCUT2D eigenvalue weighted by molar-refractivity contribution is 7.96. The highest BCUT2D eigenvalue weighted by atomic mass is 32.2. The summed E-state index contributed by atoms with van der Waals surface area (Å²) in [6.07, 6.45) is 2.54. The van der Waals surface area contributed by atoms with Gasteiger partial charge in [0.1, 0.15) is 5.82 Å². The van der Waals surface area contributed by atoms with Crippen LogP contribution in [0.1, 0.15) is 11.1 Å². The summed E-state index contributed by atoms with van der Waals surface area (Å²) in [5.41, 5.74) is 2.30. The van der Waals surface area contributed by atoms with Gasteiger partial charge in [0, 0.05) is 23.1 Å². The fourth-order valence-electron chi connectivity index (χ4n) is 4.01. The molecule has 1 saturated heterocycles. The fraction of sp³-hybridized carbons (Fsp3) is 0.333. The molecular formula is C21H23FN2O4S2. The van der Waals surface area contributed by atoms with Crippen LogP contribution in [0.15, 0.2) is 53.6 Å². The third-order valence-electron chi connectivity index (χ3n) is 5.63. The molecule has 0 aliphatic carbocycles. The van der Waals surface area contributed by atoms with Gasteiger partial charge >= 0.3 is 0 Å². The Morgan fingerprint density at radius 1 is 1.17 bits per heavy atom. The predicted octanol–water partition coefficient (Wildman–Crippen LogP) is 2.39. The van der Waals surface area contributed by atoms with Crippen LogP contribution in [-0.4, -0.2) is 51.2 Å². The molecule has 1 fully saturated rings. The van der Waals surface area contributed by atoms with E-state index in [9.17, 15) is 21.2 Å². The molecule has 1 aliphatic rings. The monoisotopic (exact) mass is 450 g/mol. The topological polar surface area (TPSA) is 96.1 Å². The molecule has 2 aromatic carbocycles. The van der Waals surface area contributed by atoms with Gasteiger partial charge in [0.05, 0.1) is 21.7 Å². The van der Waals surface area contributed by atoms with Crippen molar-refractivity contribution in [3.05, 3.63) is 65.6 Å². The fourth-order valence-corrected chi connectivity index (χ4v) is 8.81. The molecule has 1 aromatic heterocycles. The third kappa shape index (κ3) is 4.01. The quantitative estimate of drug-likeness (QED) is 0.562. The van der Waals surface area contributed by atoms with Crippen LogP contribution in [0, 0.1) is 12.7 Å². The zero-order valence-corrected chi connectivity index (χ0v) is 18.1. The van der Waals surface area contributed by atoms with E-state index in [1.165, 1.54) is 19.1 Å². The van der Waals surface area contributed by atoms with Crippen molar-refractivity contribution in [2.24, 2.45) is 0 Å². The lowest BCUT2D eigenvalue weighted by Gasteiger charge is -2.20. The minimum absolute atomic E-state index is 0.0491. The maximum Gasteiger partial charge on any atom is 0.183 e. The highest BCUT2D eigenvalue weighted by Gasteiger charge is 2.45. The number of fused-ring (bicyclic) bond motifs is 1. The molecule has 2 N–H and O–H groups in total. The van der Waals surface area contributed by atoms with Crippen molar-refractivity contribution in [1.29, 1.82) is 0 Å². The first-order valence-electron chi connectivity index (χ1n) is 9.66. The molecule has 6 nitrogen and oxygen atoms in total. The van der Waals surface area contributed by atoms with Crippen molar-refractivity contribution < 1.29 is 21.2 Å². The maximum atomic E-state index is 13.6. The molecule has 0 amide bonds. The number of sulfone groups is 2. The molecule has 2 atom stereocenters. The SMILES string of the molecule is Cc1cc(S(=O)(=O)[C@H]2CS(=O)(=O)C[C@@H]2NCCc2c[nH]c3ccccc23)ccc1F. The van der Waals surface area contributed by atoms with E-state index in [0.717, 1.165) is 22.5 Å². The molecule has 30 heavy (non-hydrogen) atoms. The van der Waals surface area contributed by atoms with Gasteiger partial charge in [-0.05, 0) is 55.3 Å². The van der Waals surface area contributed by atoms with Crippen molar-refractivity contribution in [3.63, 3.8) is 0 Å². The summed E-state index contributed by atoms with van der Waals surface area (Å²) in [6.45, 7) is 1.92. The van der Waals surface area contributed by atoms with E-state index < -0.39 is 42.5 Å². The molecule has 0 spiro atoms. The Hall–Kier alpha value is -2.23. The number of H-pyrrole nitrogens is 1. The number of halogens is 1. The largest absolute Gasteiger partial charge is 0.361 e. The van der Waals surface area contributed by atoms with Crippen LogP contribution in [0.2, 0.25) is 0 Å². The minimum Gasteiger partial charge on any atom is -0.361 e. The Kier molecular flexibility index (Phi) is 5.46. The Bertz CT molecular complexity index is 1300. The van der Waals surface area contributed by atoms with Gasteiger partial charge in [0.15, 0.2) is 19.7 Å².